The van der Waals surface area contributed by atoms with Crippen LogP contribution in [-0.4, -0.2) is 6.54 Å². The number of benzene rings is 2. The monoisotopic (exact) mass is 275 g/mol. The summed E-state index contributed by atoms with van der Waals surface area (Å²) >= 11 is 0. The fourth-order valence-electron chi connectivity index (χ4n) is 2.87. The number of hydrogen-bond donors (Lipinski definition) is 0. The Morgan fingerprint density at radius 3 is 2.48 bits per heavy atom. The zero-order chi connectivity index (χ0) is 14.7. The van der Waals surface area contributed by atoms with Gasteiger partial charge in [-0.05, 0) is 29.7 Å². The summed E-state index contributed by atoms with van der Waals surface area (Å²) in [7, 11) is 0. The molecule has 0 saturated heterocycles. The van der Waals surface area contributed by atoms with E-state index >= 15 is 0 Å². The molecular weight excluding hydrogens is 254 g/mol. The maximum atomic E-state index is 3.50. The van der Waals surface area contributed by atoms with Gasteiger partial charge in [-0.2, -0.15) is 0 Å². The number of rotatable bonds is 1. The van der Waals surface area contributed by atoms with Gasteiger partial charge in [-0.1, -0.05) is 68.2 Å². The van der Waals surface area contributed by atoms with E-state index in [1.165, 1.54) is 16.8 Å². The molecule has 0 saturated carbocycles. The molecule has 1 heterocycles. The van der Waals surface area contributed by atoms with Crippen LogP contribution >= 0.6 is 0 Å². The van der Waals surface area contributed by atoms with E-state index in [4.69, 9.17) is 0 Å². The summed E-state index contributed by atoms with van der Waals surface area (Å²) in [5.41, 5.74) is 4.06. The smallest absolute Gasteiger partial charge is 0.116 e. The molecular formula is C20H21N. The van der Waals surface area contributed by atoms with E-state index in [2.05, 4.69) is 85.2 Å². The summed E-state index contributed by atoms with van der Waals surface area (Å²) in [5, 5.41) is 0. The van der Waals surface area contributed by atoms with Crippen LogP contribution in [0, 0.1) is 17.8 Å². The topological polar surface area (TPSA) is 3.24 Å². The van der Waals surface area contributed by atoms with Crippen molar-refractivity contribution in [2.24, 2.45) is 5.92 Å². The van der Waals surface area contributed by atoms with Gasteiger partial charge >= 0.3 is 0 Å². The van der Waals surface area contributed by atoms with Gasteiger partial charge in [-0.15, -0.1) is 0 Å². The third-order valence-electron chi connectivity index (χ3n) is 3.88. The van der Waals surface area contributed by atoms with Crippen LogP contribution in [-0.2, 0) is 6.42 Å². The average molecular weight is 275 g/mol. The third kappa shape index (κ3) is 2.95. The Labute approximate surface area is 127 Å². The van der Waals surface area contributed by atoms with E-state index in [1.807, 2.05) is 0 Å². The first-order chi connectivity index (χ1) is 10.3. The Morgan fingerprint density at radius 2 is 1.71 bits per heavy atom. The Morgan fingerprint density at radius 1 is 1.00 bits per heavy atom. The van der Waals surface area contributed by atoms with Crippen molar-refractivity contribution in [2.75, 3.05) is 11.4 Å². The van der Waals surface area contributed by atoms with Gasteiger partial charge in [0.2, 0.25) is 0 Å². The highest BCUT2D eigenvalue weighted by atomic mass is 15.2. The minimum atomic E-state index is 0.166. The van der Waals surface area contributed by atoms with E-state index in [0.29, 0.717) is 5.92 Å². The van der Waals surface area contributed by atoms with Crippen LogP contribution in [0.4, 0.5) is 5.69 Å². The summed E-state index contributed by atoms with van der Waals surface area (Å²) in [6.07, 6.45) is 1.09. The standard InChI is InChI=1S/C20H21N/c1-16(2)12-13-20-19-11-7-6-8-17(19)14-15-21(20)18-9-4-3-5-10-18/h3-11,16,20H,14-15H2,1-2H3. The molecule has 1 aliphatic heterocycles. The second kappa shape index (κ2) is 6.06. The lowest BCUT2D eigenvalue weighted by Crippen LogP contribution is -2.34. The van der Waals surface area contributed by atoms with Crippen molar-refractivity contribution >= 4 is 5.69 Å². The van der Waals surface area contributed by atoms with Crippen LogP contribution in [0.15, 0.2) is 54.6 Å². The molecule has 0 aromatic heterocycles. The molecule has 0 aliphatic carbocycles. The Hall–Kier alpha value is -2.20. The van der Waals surface area contributed by atoms with Crippen molar-refractivity contribution in [3.8, 4) is 11.8 Å². The predicted octanol–water partition coefficient (Wildman–Crippen LogP) is 4.45. The number of hydrogen-bond acceptors (Lipinski definition) is 1. The van der Waals surface area contributed by atoms with Crippen LogP contribution in [0.5, 0.6) is 0 Å². The molecule has 106 valence electrons. The zero-order valence-electron chi connectivity index (χ0n) is 12.7. The Balaban J connectivity index is 2.04. The van der Waals surface area contributed by atoms with Crippen molar-refractivity contribution in [2.45, 2.75) is 26.3 Å². The van der Waals surface area contributed by atoms with E-state index < -0.39 is 0 Å². The van der Waals surface area contributed by atoms with Crippen molar-refractivity contribution in [1.29, 1.82) is 0 Å². The molecule has 1 aliphatic rings. The van der Waals surface area contributed by atoms with Crippen molar-refractivity contribution in [3.63, 3.8) is 0 Å². The maximum Gasteiger partial charge on any atom is 0.116 e. The first-order valence-corrected chi connectivity index (χ1v) is 7.66. The van der Waals surface area contributed by atoms with E-state index in [-0.39, 0.29) is 6.04 Å². The minimum Gasteiger partial charge on any atom is -0.353 e. The van der Waals surface area contributed by atoms with Crippen LogP contribution in [0.1, 0.15) is 31.0 Å². The van der Waals surface area contributed by atoms with E-state index in [1.54, 1.807) is 0 Å². The van der Waals surface area contributed by atoms with Gasteiger partial charge in [0.15, 0.2) is 0 Å². The maximum absolute atomic E-state index is 3.50. The first-order valence-electron chi connectivity index (χ1n) is 7.66. The van der Waals surface area contributed by atoms with Crippen molar-refractivity contribution in [3.05, 3.63) is 65.7 Å². The molecule has 1 unspecified atom stereocenters. The quantitative estimate of drug-likeness (QED) is 0.695. The third-order valence-corrected chi connectivity index (χ3v) is 3.88. The van der Waals surface area contributed by atoms with E-state index in [9.17, 15) is 0 Å². The van der Waals surface area contributed by atoms with Gasteiger partial charge in [0.1, 0.15) is 6.04 Å². The normalized spacial score (nSPS) is 17.1. The van der Waals surface area contributed by atoms with Crippen LogP contribution in [0.25, 0.3) is 0 Å². The average Bonchev–Trinajstić information content (AvgIpc) is 2.53. The molecule has 0 N–H and O–H groups in total. The van der Waals surface area contributed by atoms with Gasteiger partial charge in [0, 0.05) is 18.2 Å². The molecule has 3 rings (SSSR count). The first kappa shape index (κ1) is 13.8. The fraction of sp³-hybridized carbons (Fsp3) is 0.300. The van der Waals surface area contributed by atoms with Gasteiger partial charge < -0.3 is 4.90 Å². The molecule has 0 amide bonds. The molecule has 1 nitrogen and oxygen atoms in total. The Bertz CT molecular complexity index is 661. The highest BCUT2D eigenvalue weighted by Crippen LogP contribution is 2.33. The molecule has 0 spiro atoms. The number of nitrogens with zero attached hydrogens (tertiary/aromatic N) is 1. The SMILES string of the molecule is CC(C)C#CC1c2ccccc2CCN1c1ccccc1. The van der Waals surface area contributed by atoms with Gasteiger partial charge in [0.25, 0.3) is 0 Å². The Kier molecular flexibility index (Phi) is 3.97. The van der Waals surface area contributed by atoms with Crippen LogP contribution in [0.2, 0.25) is 0 Å². The number of fused-ring (bicyclic) bond motifs is 1. The lowest BCUT2D eigenvalue weighted by molar-refractivity contribution is 0.680. The summed E-state index contributed by atoms with van der Waals surface area (Å²) < 4.78 is 0. The number of para-hydroxylation sites is 1. The highest BCUT2D eigenvalue weighted by Gasteiger charge is 2.25. The molecule has 2 aromatic rings. The lowest BCUT2D eigenvalue weighted by Gasteiger charge is -2.36. The highest BCUT2D eigenvalue weighted by molar-refractivity contribution is 5.55. The zero-order valence-corrected chi connectivity index (χ0v) is 12.7. The summed E-state index contributed by atoms with van der Waals surface area (Å²) in [5.74, 6) is 7.27. The largest absolute Gasteiger partial charge is 0.353 e. The van der Waals surface area contributed by atoms with Crippen molar-refractivity contribution < 1.29 is 0 Å². The molecule has 21 heavy (non-hydrogen) atoms. The molecule has 1 atom stereocenters. The second-order valence-electron chi connectivity index (χ2n) is 5.82. The minimum absolute atomic E-state index is 0.166. The van der Waals surface area contributed by atoms with Gasteiger partial charge in [-0.3, -0.25) is 0 Å². The fourth-order valence-corrected chi connectivity index (χ4v) is 2.87. The van der Waals surface area contributed by atoms with E-state index in [0.717, 1.165) is 13.0 Å². The molecule has 0 radical (unpaired) electrons. The molecule has 0 bridgehead atoms. The molecule has 2 aromatic carbocycles. The second-order valence-corrected chi connectivity index (χ2v) is 5.82. The predicted molar refractivity (Wildman–Crippen MR) is 89.3 cm³/mol. The molecule has 0 fully saturated rings. The number of anilines is 1. The lowest BCUT2D eigenvalue weighted by atomic mass is 9.92. The van der Waals surface area contributed by atoms with Crippen LogP contribution in [0.3, 0.4) is 0 Å². The van der Waals surface area contributed by atoms with Gasteiger partial charge in [-0.25, -0.2) is 0 Å². The summed E-state index contributed by atoms with van der Waals surface area (Å²) in [6, 6.07) is 19.5. The summed E-state index contributed by atoms with van der Waals surface area (Å²) in [6.45, 7) is 5.32. The van der Waals surface area contributed by atoms with Crippen LogP contribution < -0.4 is 4.90 Å². The summed E-state index contributed by atoms with van der Waals surface area (Å²) in [4.78, 5) is 2.43. The van der Waals surface area contributed by atoms with Crippen molar-refractivity contribution in [1.82, 2.24) is 0 Å². The molecule has 1 heteroatoms. The van der Waals surface area contributed by atoms with Gasteiger partial charge in [0.05, 0.1) is 0 Å².